The molecule has 3 rings (SSSR count). The summed E-state index contributed by atoms with van der Waals surface area (Å²) in [6, 6.07) is 7.90. The predicted octanol–water partition coefficient (Wildman–Crippen LogP) is 4.17. The second-order valence-corrected chi connectivity index (χ2v) is 7.78. The SMILES string of the molecule is O=C(Nc1cccc2c1CCNC2)c1cc(Br)c(Br)s1. The van der Waals surface area contributed by atoms with Crippen molar-refractivity contribution in [3.63, 3.8) is 0 Å². The van der Waals surface area contributed by atoms with Gasteiger partial charge in [0.2, 0.25) is 0 Å². The number of amides is 1. The first-order valence-corrected chi connectivity index (χ1v) is 8.63. The van der Waals surface area contributed by atoms with Gasteiger partial charge in [0.05, 0.1) is 8.66 Å². The summed E-state index contributed by atoms with van der Waals surface area (Å²) in [7, 11) is 0. The van der Waals surface area contributed by atoms with Crippen LogP contribution in [0.2, 0.25) is 0 Å². The summed E-state index contributed by atoms with van der Waals surface area (Å²) in [5, 5.41) is 6.37. The van der Waals surface area contributed by atoms with Gasteiger partial charge in [-0.15, -0.1) is 11.3 Å². The van der Waals surface area contributed by atoms with E-state index >= 15 is 0 Å². The second-order valence-electron chi connectivity index (χ2n) is 4.56. The van der Waals surface area contributed by atoms with Crippen LogP contribution in [0.15, 0.2) is 32.5 Å². The molecule has 0 unspecified atom stereocenters. The van der Waals surface area contributed by atoms with E-state index in [1.807, 2.05) is 18.2 Å². The molecular formula is C14H12Br2N2OS. The molecule has 1 aromatic carbocycles. The molecular weight excluding hydrogens is 404 g/mol. The molecule has 1 aliphatic heterocycles. The number of hydrogen-bond acceptors (Lipinski definition) is 3. The van der Waals surface area contributed by atoms with Gasteiger partial charge in [0, 0.05) is 16.7 Å². The fourth-order valence-corrected chi connectivity index (χ4v) is 4.22. The van der Waals surface area contributed by atoms with Gasteiger partial charge in [-0.3, -0.25) is 4.79 Å². The highest BCUT2D eigenvalue weighted by molar-refractivity contribution is 9.13. The zero-order valence-corrected chi connectivity index (χ0v) is 14.5. The summed E-state index contributed by atoms with van der Waals surface area (Å²) in [6.45, 7) is 1.82. The van der Waals surface area contributed by atoms with Crippen LogP contribution in [0.3, 0.4) is 0 Å². The average Bonchev–Trinajstić information content (AvgIpc) is 2.79. The van der Waals surface area contributed by atoms with Crippen molar-refractivity contribution in [1.82, 2.24) is 5.32 Å². The highest BCUT2D eigenvalue weighted by Gasteiger charge is 2.16. The first-order valence-electron chi connectivity index (χ1n) is 6.23. The maximum absolute atomic E-state index is 12.3. The van der Waals surface area contributed by atoms with Gasteiger partial charge < -0.3 is 10.6 Å². The Bertz CT molecular complexity index is 650. The van der Waals surface area contributed by atoms with E-state index in [1.165, 1.54) is 22.5 Å². The monoisotopic (exact) mass is 414 g/mol. The van der Waals surface area contributed by atoms with Gasteiger partial charge in [-0.2, -0.15) is 0 Å². The van der Waals surface area contributed by atoms with Gasteiger partial charge >= 0.3 is 0 Å². The fourth-order valence-electron chi connectivity index (χ4n) is 2.29. The number of halogens is 2. The Morgan fingerprint density at radius 3 is 2.95 bits per heavy atom. The molecule has 0 atom stereocenters. The van der Waals surface area contributed by atoms with Gasteiger partial charge in [-0.25, -0.2) is 0 Å². The number of carbonyl (C=O) groups excluding carboxylic acids is 1. The fraction of sp³-hybridized carbons (Fsp3) is 0.214. The molecule has 2 aromatic rings. The molecule has 2 heterocycles. The Morgan fingerprint density at radius 1 is 1.35 bits per heavy atom. The Hall–Kier alpha value is -0.690. The number of benzene rings is 1. The van der Waals surface area contributed by atoms with Crippen molar-refractivity contribution in [2.75, 3.05) is 11.9 Å². The quantitative estimate of drug-likeness (QED) is 0.772. The van der Waals surface area contributed by atoms with Crippen molar-refractivity contribution < 1.29 is 4.79 Å². The molecule has 0 bridgehead atoms. The highest BCUT2D eigenvalue weighted by atomic mass is 79.9. The Kier molecular flexibility index (Phi) is 4.26. The lowest BCUT2D eigenvalue weighted by molar-refractivity contribution is 0.103. The molecule has 1 amide bonds. The number of fused-ring (bicyclic) bond motifs is 1. The van der Waals surface area contributed by atoms with Crippen LogP contribution in [-0.2, 0) is 13.0 Å². The zero-order chi connectivity index (χ0) is 14.1. The summed E-state index contributed by atoms with van der Waals surface area (Å²) >= 11 is 8.24. The summed E-state index contributed by atoms with van der Waals surface area (Å²) in [4.78, 5) is 13.0. The van der Waals surface area contributed by atoms with Crippen molar-refractivity contribution in [3.05, 3.63) is 48.5 Å². The number of anilines is 1. The van der Waals surface area contributed by atoms with Crippen molar-refractivity contribution in [3.8, 4) is 0 Å². The smallest absolute Gasteiger partial charge is 0.265 e. The van der Waals surface area contributed by atoms with Crippen LogP contribution in [0.4, 0.5) is 5.69 Å². The van der Waals surface area contributed by atoms with E-state index in [0.717, 1.165) is 33.5 Å². The van der Waals surface area contributed by atoms with Crippen molar-refractivity contribution in [1.29, 1.82) is 0 Å². The minimum absolute atomic E-state index is 0.0617. The molecule has 3 nitrogen and oxygen atoms in total. The topological polar surface area (TPSA) is 41.1 Å². The number of nitrogens with one attached hydrogen (secondary N) is 2. The van der Waals surface area contributed by atoms with Crippen molar-refractivity contribution in [2.45, 2.75) is 13.0 Å². The van der Waals surface area contributed by atoms with Gasteiger partial charge in [-0.05, 0) is 68.1 Å². The molecule has 2 N–H and O–H groups in total. The third-order valence-corrected chi connectivity index (χ3v) is 6.51. The van der Waals surface area contributed by atoms with Gasteiger partial charge in [-0.1, -0.05) is 12.1 Å². The molecule has 0 saturated heterocycles. The Balaban J connectivity index is 1.86. The minimum atomic E-state index is -0.0617. The Labute approximate surface area is 138 Å². The van der Waals surface area contributed by atoms with E-state index in [0.29, 0.717) is 4.88 Å². The third-order valence-electron chi connectivity index (χ3n) is 3.26. The second kappa shape index (κ2) is 5.97. The number of thiophene rings is 1. The standard InChI is InChI=1S/C14H12Br2N2OS/c15-10-6-12(20-13(10)16)14(19)18-11-3-1-2-8-7-17-5-4-9(8)11/h1-3,6,17H,4-5,7H2,(H,18,19). The van der Waals surface area contributed by atoms with Crippen LogP contribution < -0.4 is 10.6 Å². The molecule has 6 heteroatoms. The Morgan fingerprint density at radius 2 is 2.20 bits per heavy atom. The summed E-state index contributed by atoms with van der Waals surface area (Å²) < 4.78 is 1.84. The molecule has 1 aromatic heterocycles. The lowest BCUT2D eigenvalue weighted by Crippen LogP contribution is -2.25. The van der Waals surface area contributed by atoms with E-state index in [1.54, 1.807) is 0 Å². The molecule has 0 radical (unpaired) electrons. The summed E-state index contributed by atoms with van der Waals surface area (Å²) in [6.07, 6.45) is 0.948. The van der Waals surface area contributed by atoms with E-state index in [4.69, 9.17) is 0 Å². The molecule has 0 spiro atoms. The summed E-state index contributed by atoms with van der Waals surface area (Å²) in [5.74, 6) is -0.0617. The zero-order valence-electron chi connectivity index (χ0n) is 10.5. The van der Waals surface area contributed by atoms with Crippen molar-refractivity contribution in [2.24, 2.45) is 0 Å². The van der Waals surface area contributed by atoms with E-state index in [-0.39, 0.29) is 5.91 Å². The van der Waals surface area contributed by atoms with Crippen molar-refractivity contribution >= 4 is 54.8 Å². The largest absolute Gasteiger partial charge is 0.321 e. The number of hydrogen-bond donors (Lipinski definition) is 2. The maximum atomic E-state index is 12.3. The normalized spacial score (nSPS) is 13.9. The molecule has 1 aliphatic rings. The van der Waals surface area contributed by atoms with E-state index in [9.17, 15) is 4.79 Å². The minimum Gasteiger partial charge on any atom is -0.321 e. The van der Waals surface area contributed by atoms with Gasteiger partial charge in [0.15, 0.2) is 0 Å². The van der Waals surface area contributed by atoms with Crippen LogP contribution in [0, 0.1) is 0 Å². The first-order chi connectivity index (χ1) is 9.65. The van der Waals surface area contributed by atoms with Crippen LogP contribution in [0.1, 0.15) is 20.8 Å². The first kappa shape index (κ1) is 14.3. The molecule has 0 fully saturated rings. The number of rotatable bonds is 2. The average molecular weight is 416 g/mol. The van der Waals surface area contributed by atoms with E-state index in [2.05, 4.69) is 48.6 Å². The lowest BCUT2D eigenvalue weighted by Gasteiger charge is -2.20. The third kappa shape index (κ3) is 2.83. The molecule has 104 valence electrons. The van der Waals surface area contributed by atoms with Crippen LogP contribution in [-0.4, -0.2) is 12.5 Å². The maximum Gasteiger partial charge on any atom is 0.265 e. The van der Waals surface area contributed by atoms with Gasteiger partial charge in [0.1, 0.15) is 0 Å². The van der Waals surface area contributed by atoms with Gasteiger partial charge in [0.25, 0.3) is 5.91 Å². The van der Waals surface area contributed by atoms with Crippen LogP contribution in [0.25, 0.3) is 0 Å². The highest BCUT2D eigenvalue weighted by Crippen LogP contribution is 2.33. The predicted molar refractivity (Wildman–Crippen MR) is 89.5 cm³/mol. The summed E-state index contributed by atoms with van der Waals surface area (Å²) in [5.41, 5.74) is 3.44. The van der Waals surface area contributed by atoms with Crippen LogP contribution >= 0.6 is 43.2 Å². The molecule has 0 aliphatic carbocycles. The van der Waals surface area contributed by atoms with Crippen LogP contribution in [0.5, 0.6) is 0 Å². The molecule has 0 saturated carbocycles. The number of carbonyl (C=O) groups is 1. The molecule has 20 heavy (non-hydrogen) atoms. The lowest BCUT2D eigenvalue weighted by atomic mass is 9.99. The van der Waals surface area contributed by atoms with E-state index < -0.39 is 0 Å².